The zero-order chi connectivity index (χ0) is 18.0. The van der Waals surface area contributed by atoms with Gasteiger partial charge in [-0.05, 0) is 25.5 Å². The van der Waals surface area contributed by atoms with Crippen LogP contribution < -0.4 is 10.7 Å². The molecular formula is C15H19N5O3S2. The number of aromatic nitrogens is 3. The number of aryl methyl sites for hydroxylation is 1. The number of carbonyl (C=O) groups excluding carboxylic acids is 1. The molecule has 2 heterocycles. The second kappa shape index (κ2) is 7.04. The van der Waals surface area contributed by atoms with Gasteiger partial charge in [0.2, 0.25) is 11.1 Å². The average Bonchev–Trinajstić information content (AvgIpc) is 3.10. The molecule has 1 amide bonds. The number of anilines is 1. The number of amides is 1. The molecule has 25 heavy (non-hydrogen) atoms. The predicted molar refractivity (Wildman–Crippen MR) is 96.6 cm³/mol. The highest BCUT2D eigenvalue weighted by Crippen LogP contribution is 2.26. The molecule has 2 N–H and O–H groups in total. The maximum absolute atomic E-state index is 12.8. The summed E-state index contributed by atoms with van der Waals surface area (Å²) < 4.78 is 25.0. The molecule has 1 aromatic carbocycles. The summed E-state index contributed by atoms with van der Waals surface area (Å²) >= 11 is 1.18. The van der Waals surface area contributed by atoms with E-state index < -0.39 is 9.84 Å². The van der Waals surface area contributed by atoms with Crippen molar-refractivity contribution >= 4 is 33.2 Å². The van der Waals surface area contributed by atoms with Gasteiger partial charge < -0.3 is 10.7 Å². The molecule has 3 rings (SSSR count). The van der Waals surface area contributed by atoms with Gasteiger partial charge in [-0.25, -0.2) is 13.1 Å². The van der Waals surface area contributed by atoms with Crippen LogP contribution in [-0.2, 0) is 14.6 Å². The summed E-state index contributed by atoms with van der Waals surface area (Å²) in [5, 5.41) is 8.22. The van der Waals surface area contributed by atoms with Crippen molar-refractivity contribution in [2.45, 2.75) is 24.5 Å². The van der Waals surface area contributed by atoms with Crippen LogP contribution in [0, 0.1) is 6.92 Å². The summed E-state index contributed by atoms with van der Waals surface area (Å²) in [5.41, 5.74) is 0.695. The van der Waals surface area contributed by atoms with Gasteiger partial charge in [0.05, 0.1) is 23.3 Å². The lowest BCUT2D eigenvalue weighted by molar-refractivity contribution is -0.116. The maximum Gasteiger partial charge on any atom is 0.237 e. The number of rotatable bonds is 5. The van der Waals surface area contributed by atoms with E-state index in [0.29, 0.717) is 23.1 Å². The highest BCUT2D eigenvalue weighted by Gasteiger charge is 2.35. The molecule has 0 saturated carbocycles. The first-order valence-corrected chi connectivity index (χ1v) is 10.6. The maximum atomic E-state index is 12.8. The Hall–Kier alpha value is -2.07. The first-order chi connectivity index (χ1) is 11.9. The van der Waals surface area contributed by atoms with Crippen molar-refractivity contribution in [3.63, 3.8) is 0 Å². The van der Waals surface area contributed by atoms with Gasteiger partial charge in [-0.2, -0.15) is 0 Å². The van der Waals surface area contributed by atoms with E-state index in [4.69, 9.17) is 5.84 Å². The first-order valence-electron chi connectivity index (χ1n) is 7.75. The molecule has 1 saturated heterocycles. The Kier molecular flexibility index (Phi) is 5.00. The molecule has 1 atom stereocenters. The van der Waals surface area contributed by atoms with E-state index in [1.165, 1.54) is 16.4 Å². The summed E-state index contributed by atoms with van der Waals surface area (Å²) in [5.74, 6) is 6.37. The first kappa shape index (κ1) is 17.7. The lowest BCUT2D eigenvalue weighted by Crippen LogP contribution is -2.42. The monoisotopic (exact) mass is 381 g/mol. The number of carbonyl (C=O) groups is 1. The van der Waals surface area contributed by atoms with E-state index in [1.54, 1.807) is 11.8 Å². The molecule has 1 aliphatic rings. The van der Waals surface area contributed by atoms with Crippen LogP contribution >= 0.6 is 11.8 Å². The minimum absolute atomic E-state index is 0.00944. The van der Waals surface area contributed by atoms with Gasteiger partial charge in [0.15, 0.2) is 9.84 Å². The molecule has 1 aromatic heterocycles. The van der Waals surface area contributed by atoms with Crippen molar-refractivity contribution in [1.29, 1.82) is 0 Å². The van der Waals surface area contributed by atoms with Crippen molar-refractivity contribution in [2.75, 3.05) is 28.0 Å². The van der Waals surface area contributed by atoms with Crippen LogP contribution in [-0.4, -0.2) is 52.5 Å². The normalized spacial score (nSPS) is 19.0. The van der Waals surface area contributed by atoms with Gasteiger partial charge in [-0.3, -0.25) is 4.79 Å². The third-order valence-corrected chi connectivity index (χ3v) is 6.71. The van der Waals surface area contributed by atoms with Crippen molar-refractivity contribution in [3.05, 3.63) is 36.2 Å². The fraction of sp³-hybridized carbons (Fsp3) is 0.400. The molecule has 0 bridgehead atoms. The molecule has 0 unspecified atom stereocenters. The number of sulfone groups is 1. The van der Waals surface area contributed by atoms with Gasteiger partial charge in [0.25, 0.3) is 0 Å². The Balaban J connectivity index is 1.79. The molecule has 10 heteroatoms. The molecule has 0 aliphatic carbocycles. The second-order valence-electron chi connectivity index (χ2n) is 5.84. The van der Waals surface area contributed by atoms with Gasteiger partial charge in [0, 0.05) is 5.69 Å². The minimum Gasteiger partial charge on any atom is -0.336 e. The van der Waals surface area contributed by atoms with Crippen LogP contribution in [0.3, 0.4) is 0 Å². The van der Waals surface area contributed by atoms with Crippen molar-refractivity contribution in [1.82, 2.24) is 14.9 Å². The van der Waals surface area contributed by atoms with Gasteiger partial charge in [-0.15, -0.1) is 10.2 Å². The lowest BCUT2D eigenvalue weighted by Gasteiger charge is -2.28. The molecule has 1 aliphatic heterocycles. The van der Waals surface area contributed by atoms with Crippen LogP contribution in [0.5, 0.6) is 0 Å². The predicted octanol–water partition coefficient (Wildman–Crippen LogP) is 0.613. The van der Waals surface area contributed by atoms with Gasteiger partial charge in [0.1, 0.15) is 5.82 Å². The minimum atomic E-state index is -3.10. The average molecular weight is 381 g/mol. The molecule has 0 radical (unpaired) electrons. The number of nitrogens with zero attached hydrogens (tertiary/aromatic N) is 4. The van der Waals surface area contributed by atoms with Crippen molar-refractivity contribution in [3.8, 4) is 0 Å². The fourth-order valence-corrected chi connectivity index (χ4v) is 5.23. The molecule has 8 nitrogen and oxygen atoms in total. The van der Waals surface area contributed by atoms with Crippen LogP contribution in [0.15, 0.2) is 35.5 Å². The highest BCUT2D eigenvalue weighted by atomic mass is 32.2. The summed E-state index contributed by atoms with van der Waals surface area (Å²) in [6.07, 6.45) is 0.444. The molecular weight excluding hydrogens is 362 g/mol. The standard InChI is InChI=1S/C15H19N5O3S2/c1-11-17-18-15(20(11)16)24-9-14(21)19(12-5-3-2-4-6-12)13-7-8-25(22,23)10-13/h2-6,13H,7-10,16H2,1H3/t13-/m1/s1. The van der Waals surface area contributed by atoms with Crippen molar-refractivity contribution in [2.24, 2.45) is 0 Å². The Bertz CT molecular complexity index is 867. The van der Waals surface area contributed by atoms with E-state index >= 15 is 0 Å². The summed E-state index contributed by atoms with van der Waals surface area (Å²) in [6.45, 7) is 1.72. The Morgan fingerprint density at radius 2 is 2.08 bits per heavy atom. The molecule has 0 spiro atoms. The molecule has 134 valence electrons. The SMILES string of the molecule is Cc1nnc(SCC(=O)N(c2ccccc2)[C@@H]2CCS(=O)(=O)C2)n1N. The lowest BCUT2D eigenvalue weighted by atomic mass is 10.2. The van der Waals surface area contributed by atoms with E-state index in [9.17, 15) is 13.2 Å². The molecule has 2 aromatic rings. The number of hydrogen-bond donors (Lipinski definition) is 1. The van der Waals surface area contributed by atoms with Gasteiger partial charge >= 0.3 is 0 Å². The highest BCUT2D eigenvalue weighted by molar-refractivity contribution is 7.99. The second-order valence-corrected chi connectivity index (χ2v) is 9.02. The molecule has 1 fully saturated rings. The summed E-state index contributed by atoms with van der Waals surface area (Å²) in [6, 6.07) is 8.77. The number of nitrogens with two attached hydrogens (primary N) is 1. The number of nitrogen functional groups attached to an aromatic ring is 1. The zero-order valence-electron chi connectivity index (χ0n) is 13.7. The zero-order valence-corrected chi connectivity index (χ0v) is 15.3. The smallest absolute Gasteiger partial charge is 0.237 e. The quantitative estimate of drug-likeness (QED) is 0.597. The summed E-state index contributed by atoms with van der Waals surface area (Å²) in [7, 11) is -3.10. The van der Waals surface area contributed by atoms with Crippen LogP contribution in [0.4, 0.5) is 5.69 Å². The van der Waals surface area contributed by atoms with E-state index in [0.717, 1.165) is 0 Å². The van der Waals surface area contributed by atoms with E-state index in [2.05, 4.69) is 10.2 Å². The van der Waals surface area contributed by atoms with Crippen LogP contribution in [0.25, 0.3) is 0 Å². The largest absolute Gasteiger partial charge is 0.336 e. The third kappa shape index (κ3) is 3.96. The number of hydrogen-bond acceptors (Lipinski definition) is 7. The van der Waals surface area contributed by atoms with E-state index in [1.807, 2.05) is 30.3 Å². The third-order valence-electron chi connectivity index (χ3n) is 4.04. The van der Waals surface area contributed by atoms with Crippen LogP contribution in [0.1, 0.15) is 12.2 Å². The van der Waals surface area contributed by atoms with Crippen molar-refractivity contribution < 1.29 is 13.2 Å². The Labute approximate surface area is 150 Å². The number of para-hydroxylation sites is 1. The van der Waals surface area contributed by atoms with Crippen LogP contribution in [0.2, 0.25) is 0 Å². The topological polar surface area (TPSA) is 111 Å². The summed E-state index contributed by atoms with van der Waals surface area (Å²) in [4.78, 5) is 14.4. The fourth-order valence-electron chi connectivity index (χ4n) is 2.77. The van der Waals surface area contributed by atoms with Gasteiger partial charge in [-0.1, -0.05) is 30.0 Å². The Morgan fingerprint density at radius 3 is 2.64 bits per heavy atom. The van der Waals surface area contributed by atoms with E-state index in [-0.39, 0.29) is 29.2 Å². The number of thioether (sulfide) groups is 1. The number of benzene rings is 1. The Morgan fingerprint density at radius 1 is 1.36 bits per heavy atom.